The van der Waals surface area contributed by atoms with Gasteiger partial charge in [0.05, 0.1) is 12.2 Å². The number of aryl methyl sites for hydroxylation is 2. The number of pyridine rings is 1. The molecule has 1 aromatic heterocycles. The van der Waals surface area contributed by atoms with E-state index < -0.39 is 0 Å². The first kappa shape index (κ1) is 25.4. The molecule has 0 unspecified atom stereocenters. The van der Waals surface area contributed by atoms with Crippen LogP contribution in [0.1, 0.15) is 53.4 Å². The number of carbonyl (C=O) groups is 1. The number of nitrogens with zero attached hydrogens (tertiary/aromatic N) is 1. The molecule has 0 fully saturated rings. The van der Waals surface area contributed by atoms with E-state index in [9.17, 15) is 4.79 Å². The zero-order chi connectivity index (χ0) is 18.6. The van der Waals surface area contributed by atoms with E-state index in [1.165, 1.54) is 16.7 Å². The van der Waals surface area contributed by atoms with Crippen LogP contribution in [0.25, 0.3) is 11.1 Å². The molecule has 1 aromatic carbocycles. The van der Waals surface area contributed by atoms with Crippen LogP contribution in [0, 0.1) is 19.8 Å². The summed E-state index contributed by atoms with van der Waals surface area (Å²) in [4.78, 5) is 16.5. The summed E-state index contributed by atoms with van der Waals surface area (Å²) in [6.45, 7) is 11.2. The van der Waals surface area contributed by atoms with Crippen LogP contribution < -0.4 is 5.73 Å². The molecule has 0 spiro atoms. The van der Waals surface area contributed by atoms with E-state index >= 15 is 0 Å². The Balaban J connectivity index is 0.00000338. The summed E-state index contributed by atoms with van der Waals surface area (Å²) in [5.74, 6) is 0.147. The van der Waals surface area contributed by atoms with Crippen molar-refractivity contribution in [2.24, 2.45) is 11.7 Å². The van der Waals surface area contributed by atoms with Crippen LogP contribution in [0.2, 0.25) is 0 Å². The lowest BCUT2D eigenvalue weighted by Gasteiger charge is -2.22. The molecule has 2 rings (SSSR count). The molecule has 0 amide bonds. The van der Waals surface area contributed by atoms with Crippen molar-refractivity contribution in [2.45, 2.75) is 47.6 Å². The first-order chi connectivity index (χ1) is 11.9. The Morgan fingerprint density at radius 1 is 1.19 bits per heavy atom. The highest BCUT2D eigenvalue weighted by atomic mass is 35.5. The zero-order valence-electron chi connectivity index (χ0n) is 16.7. The number of hydrogen-bond acceptors (Lipinski definition) is 4. The van der Waals surface area contributed by atoms with Crippen LogP contribution in [-0.4, -0.2) is 17.6 Å². The monoisotopic (exact) mass is 412 g/mol. The minimum atomic E-state index is -0.338. The van der Waals surface area contributed by atoms with Crippen molar-refractivity contribution in [3.63, 3.8) is 0 Å². The topological polar surface area (TPSA) is 65.2 Å². The van der Waals surface area contributed by atoms with Crippen molar-refractivity contribution in [1.82, 2.24) is 4.98 Å². The molecule has 1 heterocycles. The van der Waals surface area contributed by atoms with Crippen molar-refractivity contribution in [3.05, 3.63) is 52.3 Å². The Hall–Kier alpha value is -1.62. The maximum absolute atomic E-state index is 12.4. The van der Waals surface area contributed by atoms with Gasteiger partial charge in [-0.25, -0.2) is 4.79 Å². The minimum absolute atomic E-state index is 0. The third-order valence-electron chi connectivity index (χ3n) is 4.37. The lowest BCUT2D eigenvalue weighted by molar-refractivity contribution is 0.0527. The van der Waals surface area contributed by atoms with Crippen molar-refractivity contribution >= 4 is 30.8 Å². The van der Waals surface area contributed by atoms with Gasteiger partial charge in [-0.15, -0.1) is 24.8 Å². The van der Waals surface area contributed by atoms with Crippen LogP contribution in [-0.2, 0) is 17.7 Å². The third-order valence-corrected chi connectivity index (χ3v) is 4.37. The Labute approximate surface area is 174 Å². The van der Waals surface area contributed by atoms with Crippen LogP contribution in [0.5, 0.6) is 0 Å². The highest BCUT2D eigenvalue weighted by Crippen LogP contribution is 2.35. The van der Waals surface area contributed by atoms with Crippen molar-refractivity contribution < 1.29 is 9.53 Å². The van der Waals surface area contributed by atoms with Crippen LogP contribution in [0.3, 0.4) is 0 Å². The average molecular weight is 413 g/mol. The second-order valence-corrected chi connectivity index (χ2v) is 6.79. The van der Waals surface area contributed by atoms with Gasteiger partial charge in [-0.2, -0.15) is 0 Å². The van der Waals surface area contributed by atoms with E-state index in [2.05, 4.69) is 38.7 Å². The van der Waals surface area contributed by atoms with E-state index in [0.717, 1.165) is 23.1 Å². The molecule has 4 nitrogen and oxygen atoms in total. The minimum Gasteiger partial charge on any atom is -0.462 e. The van der Waals surface area contributed by atoms with Gasteiger partial charge in [-0.3, -0.25) is 4.98 Å². The quantitative estimate of drug-likeness (QED) is 0.674. The van der Waals surface area contributed by atoms with E-state index in [1.807, 2.05) is 13.0 Å². The number of nitrogens with two attached hydrogens (primary N) is 1. The lowest BCUT2D eigenvalue weighted by Crippen LogP contribution is -2.12. The van der Waals surface area contributed by atoms with E-state index in [0.29, 0.717) is 24.6 Å². The van der Waals surface area contributed by atoms with Gasteiger partial charge in [-0.1, -0.05) is 19.9 Å². The highest BCUT2D eigenvalue weighted by Gasteiger charge is 2.21. The van der Waals surface area contributed by atoms with Gasteiger partial charge in [0.25, 0.3) is 0 Å². The van der Waals surface area contributed by atoms with Gasteiger partial charge in [0.1, 0.15) is 0 Å². The van der Waals surface area contributed by atoms with Crippen molar-refractivity contribution in [1.29, 1.82) is 0 Å². The van der Waals surface area contributed by atoms with Gasteiger partial charge < -0.3 is 10.5 Å². The summed E-state index contributed by atoms with van der Waals surface area (Å²) < 4.78 is 5.23. The molecule has 0 aliphatic rings. The fourth-order valence-corrected chi connectivity index (χ4v) is 3.39. The number of ether oxygens (including phenoxy) is 1. The van der Waals surface area contributed by atoms with Gasteiger partial charge in [-0.05, 0) is 72.6 Å². The van der Waals surface area contributed by atoms with E-state index in [1.54, 1.807) is 12.4 Å². The standard InChI is InChI=1S/C21H28N2O2.2ClH/c1-6-25-21(24)19-12-23-8-7-16(19)20-15(5)10-14(4)18(11-22)17(20)9-13(2)3;;/h7-8,10,12-13H,6,9,11,22H2,1-5H3;2*1H. The Bertz CT molecular complexity index is 777. The molecule has 0 aliphatic heterocycles. The number of aromatic nitrogens is 1. The fraction of sp³-hybridized carbons (Fsp3) is 0.429. The second kappa shape index (κ2) is 11.3. The third kappa shape index (κ3) is 5.68. The molecule has 27 heavy (non-hydrogen) atoms. The molecule has 0 radical (unpaired) electrons. The lowest BCUT2D eigenvalue weighted by atomic mass is 9.84. The van der Waals surface area contributed by atoms with Gasteiger partial charge in [0.15, 0.2) is 0 Å². The van der Waals surface area contributed by atoms with Crippen LogP contribution in [0.15, 0.2) is 24.5 Å². The molecular formula is C21H30Cl2N2O2. The molecule has 0 saturated heterocycles. The molecule has 6 heteroatoms. The highest BCUT2D eigenvalue weighted by molar-refractivity contribution is 5.98. The van der Waals surface area contributed by atoms with Crippen molar-refractivity contribution in [2.75, 3.05) is 6.61 Å². The number of halogens is 2. The number of esters is 1. The van der Waals surface area contributed by atoms with E-state index in [-0.39, 0.29) is 30.8 Å². The summed E-state index contributed by atoms with van der Waals surface area (Å²) in [7, 11) is 0. The Kier molecular flexibility index (Phi) is 10.6. The smallest absolute Gasteiger partial charge is 0.340 e. The zero-order valence-corrected chi connectivity index (χ0v) is 18.3. The molecule has 150 valence electrons. The second-order valence-electron chi connectivity index (χ2n) is 6.79. The normalized spacial score (nSPS) is 10.2. The molecule has 0 saturated carbocycles. The summed E-state index contributed by atoms with van der Waals surface area (Å²) in [6.07, 6.45) is 4.22. The van der Waals surface area contributed by atoms with Gasteiger partial charge >= 0.3 is 5.97 Å². The number of carbonyl (C=O) groups excluding carboxylic acids is 1. The largest absolute Gasteiger partial charge is 0.462 e. The van der Waals surface area contributed by atoms with Crippen LogP contribution in [0.4, 0.5) is 0 Å². The van der Waals surface area contributed by atoms with Gasteiger partial charge in [0, 0.05) is 18.9 Å². The molecule has 0 aliphatic carbocycles. The SMILES string of the molecule is CCOC(=O)c1cnccc1-c1c(C)cc(C)c(CN)c1CC(C)C.Cl.Cl. The van der Waals surface area contributed by atoms with Crippen LogP contribution >= 0.6 is 24.8 Å². The summed E-state index contributed by atoms with van der Waals surface area (Å²) in [5, 5.41) is 0. The predicted octanol–water partition coefficient (Wildman–Crippen LogP) is 5.04. The number of hydrogen-bond donors (Lipinski definition) is 1. The maximum Gasteiger partial charge on any atom is 0.340 e. The first-order valence-corrected chi connectivity index (χ1v) is 8.84. The van der Waals surface area contributed by atoms with E-state index in [4.69, 9.17) is 10.5 Å². The summed E-state index contributed by atoms with van der Waals surface area (Å²) in [6, 6.07) is 4.05. The Morgan fingerprint density at radius 3 is 2.41 bits per heavy atom. The average Bonchev–Trinajstić information content (AvgIpc) is 2.55. The molecule has 0 bridgehead atoms. The fourth-order valence-electron chi connectivity index (χ4n) is 3.39. The number of rotatable bonds is 6. The molecule has 0 atom stereocenters. The Morgan fingerprint density at radius 2 is 1.85 bits per heavy atom. The summed E-state index contributed by atoms with van der Waals surface area (Å²) >= 11 is 0. The predicted molar refractivity (Wildman–Crippen MR) is 116 cm³/mol. The summed E-state index contributed by atoms with van der Waals surface area (Å²) in [5.41, 5.74) is 13.3. The molecule has 2 aromatic rings. The maximum atomic E-state index is 12.4. The first-order valence-electron chi connectivity index (χ1n) is 8.84. The number of benzene rings is 1. The molecule has 2 N–H and O–H groups in total. The van der Waals surface area contributed by atoms with Crippen molar-refractivity contribution in [3.8, 4) is 11.1 Å². The molecular weight excluding hydrogens is 383 g/mol. The van der Waals surface area contributed by atoms with Gasteiger partial charge in [0.2, 0.25) is 0 Å².